The van der Waals surface area contributed by atoms with Crippen LogP contribution >= 0.6 is 0 Å². The zero-order valence-corrected chi connectivity index (χ0v) is 10.3. The lowest BCUT2D eigenvalue weighted by Crippen LogP contribution is -2.00. The average Bonchev–Trinajstić information content (AvgIpc) is 2.55. The Morgan fingerprint density at radius 1 is 1.47 bits per heavy atom. The lowest BCUT2D eigenvalue weighted by atomic mass is 10.0. The topological polar surface area (TPSA) is 55.1 Å². The molecule has 1 aromatic heterocycles. The Labute approximate surface area is 99.9 Å². The largest absolute Gasteiger partial charge is 0.478 e. The lowest BCUT2D eigenvalue weighted by molar-refractivity contribution is 0.0699. The number of carboxylic acids is 1. The van der Waals surface area contributed by atoms with Gasteiger partial charge in [0, 0.05) is 12.4 Å². The number of aromatic carboxylic acids is 1. The zero-order chi connectivity index (χ0) is 12.6. The van der Waals surface area contributed by atoms with Crippen molar-refractivity contribution in [2.75, 3.05) is 0 Å². The predicted molar refractivity (Wildman–Crippen MR) is 66.2 cm³/mol. The Balaban J connectivity index is 2.72. The van der Waals surface area contributed by atoms with E-state index in [2.05, 4.69) is 18.9 Å². The molecule has 2 rings (SSSR count). The maximum atomic E-state index is 11.2. The maximum absolute atomic E-state index is 11.2. The minimum atomic E-state index is -0.895. The fraction of sp³-hybridized carbons (Fsp3) is 0.385. The first kappa shape index (κ1) is 11.6. The molecule has 0 radical (unpaired) electrons. The summed E-state index contributed by atoms with van der Waals surface area (Å²) in [6.07, 6.45) is 0.793. The lowest BCUT2D eigenvalue weighted by Gasteiger charge is -2.03. The van der Waals surface area contributed by atoms with E-state index in [1.165, 1.54) is 0 Å². The molecule has 4 nitrogen and oxygen atoms in total. The van der Waals surface area contributed by atoms with Gasteiger partial charge in [-0.15, -0.1) is 0 Å². The van der Waals surface area contributed by atoms with E-state index in [0.29, 0.717) is 11.5 Å². The number of aromatic nitrogens is 2. The van der Waals surface area contributed by atoms with Crippen LogP contribution in [0.5, 0.6) is 0 Å². The number of hydrogen-bond acceptors (Lipinski definition) is 2. The fourth-order valence-corrected chi connectivity index (χ4v) is 2.11. The third-order valence-corrected chi connectivity index (χ3v) is 2.78. The Bertz CT molecular complexity index is 570. The normalized spacial score (nSPS) is 11.3. The number of benzene rings is 1. The summed E-state index contributed by atoms with van der Waals surface area (Å²) in [5.41, 5.74) is 2.09. The molecule has 0 saturated carbocycles. The summed E-state index contributed by atoms with van der Waals surface area (Å²) in [5, 5.41) is 14.4. The number of hydrogen-bond donors (Lipinski definition) is 1. The summed E-state index contributed by atoms with van der Waals surface area (Å²) in [5.74, 6) is -0.441. The quantitative estimate of drug-likeness (QED) is 0.884. The molecule has 4 heteroatoms. The average molecular weight is 232 g/mol. The predicted octanol–water partition coefficient (Wildman–Crippen LogP) is 2.47. The van der Waals surface area contributed by atoms with Crippen molar-refractivity contribution in [2.45, 2.75) is 20.3 Å². The van der Waals surface area contributed by atoms with Crippen LogP contribution in [0.2, 0.25) is 0 Å². The number of rotatable bonds is 3. The van der Waals surface area contributed by atoms with E-state index in [4.69, 9.17) is 0 Å². The van der Waals surface area contributed by atoms with Gasteiger partial charge in [0.1, 0.15) is 0 Å². The van der Waals surface area contributed by atoms with Gasteiger partial charge in [-0.25, -0.2) is 4.79 Å². The number of carbonyl (C=O) groups is 1. The molecule has 0 atom stereocenters. The maximum Gasteiger partial charge on any atom is 0.336 e. The molecule has 0 unspecified atom stereocenters. The van der Waals surface area contributed by atoms with Crippen LogP contribution < -0.4 is 0 Å². The molecular weight excluding hydrogens is 216 g/mol. The molecule has 0 aliphatic rings. The highest BCUT2D eigenvalue weighted by Gasteiger charge is 2.17. The van der Waals surface area contributed by atoms with Crippen molar-refractivity contribution < 1.29 is 9.90 Å². The van der Waals surface area contributed by atoms with Crippen LogP contribution in [0.25, 0.3) is 10.9 Å². The van der Waals surface area contributed by atoms with Crippen LogP contribution in [-0.4, -0.2) is 20.9 Å². The summed E-state index contributed by atoms with van der Waals surface area (Å²) in [4.78, 5) is 11.2. The molecule has 2 aromatic rings. The van der Waals surface area contributed by atoms with E-state index < -0.39 is 5.97 Å². The molecule has 1 heterocycles. The van der Waals surface area contributed by atoms with Crippen molar-refractivity contribution in [1.29, 1.82) is 0 Å². The Morgan fingerprint density at radius 2 is 2.18 bits per heavy atom. The summed E-state index contributed by atoms with van der Waals surface area (Å²) in [7, 11) is 1.85. The van der Waals surface area contributed by atoms with E-state index in [-0.39, 0.29) is 0 Å². The number of aryl methyl sites for hydroxylation is 1. The van der Waals surface area contributed by atoms with Gasteiger partial charge in [0.15, 0.2) is 0 Å². The first-order chi connectivity index (χ1) is 8.00. The third-order valence-electron chi connectivity index (χ3n) is 2.78. The Kier molecular flexibility index (Phi) is 2.88. The highest BCUT2D eigenvalue weighted by atomic mass is 16.4. The first-order valence-corrected chi connectivity index (χ1v) is 5.68. The molecule has 0 bridgehead atoms. The minimum absolute atomic E-state index is 0.339. The Morgan fingerprint density at radius 3 is 2.76 bits per heavy atom. The highest BCUT2D eigenvalue weighted by Crippen LogP contribution is 2.24. The van der Waals surface area contributed by atoms with E-state index in [1.54, 1.807) is 16.8 Å². The molecule has 17 heavy (non-hydrogen) atoms. The van der Waals surface area contributed by atoms with Gasteiger partial charge in [0.25, 0.3) is 0 Å². The molecule has 0 fully saturated rings. The summed E-state index contributed by atoms with van der Waals surface area (Å²) in [6, 6.07) is 5.29. The second-order valence-electron chi connectivity index (χ2n) is 4.67. The van der Waals surface area contributed by atoms with Gasteiger partial charge in [-0.1, -0.05) is 19.9 Å². The van der Waals surface area contributed by atoms with E-state index in [9.17, 15) is 9.90 Å². The molecule has 1 aromatic carbocycles. The number of carboxylic acid groups (broad SMARTS) is 1. The second kappa shape index (κ2) is 4.20. The van der Waals surface area contributed by atoms with Gasteiger partial charge in [-0.2, -0.15) is 5.10 Å². The highest BCUT2D eigenvalue weighted by molar-refractivity contribution is 6.03. The van der Waals surface area contributed by atoms with Crippen molar-refractivity contribution in [2.24, 2.45) is 13.0 Å². The smallest absolute Gasteiger partial charge is 0.336 e. The van der Waals surface area contributed by atoms with Crippen molar-refractivity contribution in [3.63, 3.8) is 0 Å². The molecule has 0 aliphatic heterocycles. The van der Waals surface area contributed by atoms with Gasteiger partial charge >= 0.3 is 5.97 Å². The Hall–Kier alpha value is -1.84. The van der Waals surface area contributed by atoms with E-state index in [1.807, 2.05) is 13.1 Å². The van der Waals surface area contributed by atoms with Crippen molar-refractivity contribution in [1.82, 2.24) is 9.78 Å². The molecule has 0 aliphatic carbocycles. The van der Waals surface area contributed by atoms with Crippen molar-refractivity contribution >= 4 is 16.9 Å². The van der Waals surface area contributed by atoms with Gasteiger partial charge in [0.05, 0.1) is 16.8 Å². The first-order valence-electron chi connectivity index (χ1n) is 5.68. The SMILES string of the molecule is CC(C)Cc1nn(C)c2cccc(C(=O)O)c12. The van der Waals surface area contributed by atoms with Crippen LogP contribution in [0.4, 0.5) is 0 Å². The number of fused-ring (bicyclic) bond motifs is 1. The van der Waals surface area contributed by atoms with Crippen molar-refractivity contribution in [3.05, 3.63) is 29.5 Å². The van der Waals surface area contributed by atoms with Gasteiger partial charge in [-0.05, 0) is 24.5 Å². The van der Waals surface area contributed by atoms with Crippen LogP contribution in [0.1, 0.15) is 29.9 Å². The van der Waals surface area contributed by atoms with Crippen LogP contribution in [0, 0.1) is 5.92 Å². The molecule has 0 amide bonds. The van der Waals surface area contributed by atoms with Crippen LogP contribution in [-0.2, 0) is 13.5 Å². The van der Waals surface area contributed by atoms with Crippen LogP contribution in [0.15, 0.2) is 18.2 Å². The molecule has 1 N–H and O–H groups in total. The number of nitrogens with zero attached hydrogens (tertiary/aromatic N) is 2. The van der Waals surface area contributed by atoms with Crippen molar-refractivity contribution in [3.8, 4) is 0 Å². The van der Waals surface area contributed by atoms with E-state index >= 15 is 0 Å². The standard InChI is InChI=1S/C13H16N2O2/c1-8(2)7-10-12-9(13(16)17)5-4-6-11(12)15(3)14-10/h4-6,8H,7H2,1-3H3,(H,16,17). The zero-order valence-electron chi connectivity index (χ0n) is 10.3. The van der Waals surface area contributed by atoms with Gasteiger partial charge in [-0.3, -0.25) is 4.68 Å². The van der Waals surface area contributed by atoms with Gasteiger partial charge in [0.2, 0.25) is 0 Å². The van der Waals surface area contributed by atoms with Crippen LogP contribution in [0.3, 0.4) is 0 Å². The summed E-state index contributed by atoms with van der Waals surface area (Å²) < 4.78 is 1.75. The fourth-order valence-electron chi connectivity index (χ4n) is 2.11. The molecule has 0 saturated heterocycles. The minimum Gasteiger partial charge on any atom is -0.478 e. The third kappa shape index (κ3) is 2.02. The molecule has 0 spiro atoms. The van der Waals surface area contributed by atoms with E-state index in [0.717, 1.165) is 23.0 Å². The summed E-state index contributed by atoms with van der Waals surface area (Å²) in [6.45, 7) is 4.20. The van der Waals surface area contributed by atoms with Gasteiger partial charge < -0.3 is 5.11 Å². The molecular formula is C13H16N2O2. The summed E-state index contributed by atoms with van der Waals surface area (Å²) >= 11 is 0. The molecule has 90 valence electrons. The monoisotopic (exact) mass is 232 g/mol. The second-order valence-corrected chi connectivity index (χ2v) is 4.67.